The van der Waals surface area contributed by atoms with E-state index in [1.54, 1.807) is 44.2 Å². The van der Waals surface area contributed by atoms with Crippen LogP contribution in [0.1, 0.15) is 43.8 Å². The predicted octanol–water partition coefficient (Wildman–Crippen LogP) is 1.95. The highest BCUT2D eigenvalue weighted by atomic mass is 16.5. The molecule has 0 saturated carbocycles. The van der Waals surface area contributed by atoms with Crippen molar-refractivity contribution in [2.75, 3.05) is 17.2 Å². The first-order valence-corrected chi connectivity index (χ1v) is 7.38. The van der Waals surface area contributed by atoms with E-state index >= 15 is 0 Å². The maximum Gasteiger partial charge on any atom is 0.359 e. The van der Waals surface area contributed by atoms with E-state index in [4.69, 9.17) is 10.5 Å². The molecule has 3 rings (SSSR count). The molecule has 1 aromatic carbocycles. The van der Waals surface area contributed by atoms with Gasteiger partial charge in [0.15, 0.2) is 5.69 Å². The van der Waals surface area contributed by atoms with Crippen molar-refractivity contribution < 1.29 is 19.1 Å². The number of rotatable bonds is 3. The molecule has 2 amide bonds. The zero-order chi connectivity index (χ0) is 17.4. The van der Waals surface area contributed by atoms with Crippen LogP contribution >= 0.6 is 0 Å². The summed E-state index contributed by atoms with van der Waals surface area (Å²) in [5.41, 5.74) is 6.50. The molecule has 0 spiro atoms. The molecule has 0 bridgehead atoms. The number of anilines is 2. The van der Waals surface area contributed by atoms with Crippen LogP contribution < -0.4 is 10.6 Å². The van der Waals surface area contributed by atoms with Gasteiger partial charge in [0.05, 0.1) is 34.8 Å². The number of nitrogen functional groups attached to an aromatic ring is 1. The monoisotopic (exact) mass is 325 g/mol. The van der Waals surface area contributed by atoms with Crippen molar-refractivity contribution in [2.45, 2.75) is 13.8 Å². The summed E-state index contributed by atoms with van der Waals surface area (Å²) >= 11 is 0. The molecule has 0 radical (unpaired) electrons. The van der Waals surface area contributed by atoms with Crippen molar-refractivity contribution in [1.29, 1.82) is 0 Å². The Morgan fingerprint density at radius 2 is 1.79 bits per heavy atom. The minimum absolute atomic E-state index is 0.000550. The molecule has 0 unspecified atom stereocenters. The molecule has 0 aliphatic carbocycles. The number of aromatic nitrogens is 1. The Hall–Kier alpha value is -3.22. The van der Waals surface area contributed by atoms with Gasteiger partial charge in [0.1, 0.15) is 0 Å². The lowest BCUT2D eigenvalue weighted by molar-refractivity contribution is 0.0520. The van der Waals surface area contributed by atoms with E-state index in [0.29, 0.717) is 5.69 Å². The molecule has 2 heterocycles. The first-order valence-electron chi connectivity index (χ1n) is 7.38. The van der Waals surface area contributed by atoms with E-state index < -0.39 is 17.8 Å². The van der Waals surface area contributed by atoms with Crippen molar-refractivity contribution in [3.8, 4) is 0 Å². The number of amides is 2. The summed E-state index contributed by atoms with van der Waals surface area (Å²) in [6.07, 6.45) is 0. The van der Waals surface area contributed by atoms with Gasteiger partial charge in [-0.15, -0.1) is 0 Å². The Balaban J connectivity index is 2.16. The third-order valence-electron chi connectivity index (χ3n) is 3.73. The number of para-hydroxylation sites is 1. The fourth-order valence-corrected chi connectivity index (χ4v) is 2.68. The zero-order valence-corrected chi connectivity index (χ0v) is 13.2. The van der Waals surface area contributed by atoms with Gasteiger partial charge in [-0.25, -0.2) is 14.7 Å². The van der Waals surface area contributed by atoms with E-state index in [0.717, 1.165) is 4.90 Å². The summed E-state index contributed by atoms with van der Waals surface area (Å²) in [7, 11) is 0. The average molecular weight is 325 g/mol. The highest BCUT2D eigenvalue weighted by molar-refractivity contribution is 6.36. The van der Waals surface area contributed by atoms with Gasteiger partial charge < -0.3 is 10.5 Å². The van der Waals surface area contributed by atoms with Gasteiger partial charge in [0.25, 0.3) is 11.8 Å². The van der Waals surface area contributed by atoms with Crippen molar-refractivity contribution in [3.63, 3.8) is 0 Å². The van der Waals surface area contributed by atoms with E-state index in [1.165, 1.54) is 0 Å². The third-order valence-corrected chi connectivity index (χ3v) is 3.73. The number of fused-ring (bicyclic) bond motifs is 1. The predicted molar refractivity (Wildman–Crippen MR) is 86.9 cm³/mol. The minimum Gasteiger partial charge on any atom is -0.461 e. The van der Waals surface area contributed by atoms with Crippen molar-refractivity contribution in [3.05, 3.63) is 52.8 Å². The molecular weight excluding hydrogens is 310 g/mol. The number of nitrogens with zero attached hydrogens (tertiary/aromatic N) is 2. The average Bonchev–Trinajstić information content (AvgIpc) is 2.83. The van der Waals surface area contributed by atoms with Crippen LogP contribution in [0, 0.1) is 6.92 Å². The van der Waals surface area contributed by atoms with Crippen LogP contribution in [0.5, 0.6) is 0 Å². The normalized spacial score (nSPS) is 13.2. The van der Waals surface area contributed by atoms with Crippen LogP contribution in [0.2, 0.25) is 0 Å². The van der Waals surface area contributed by atoms with Gasteiger partial charge in [-0.1, -0.05) is 18.2 Å². The highest BCUT2D eigenvalue weighted by Crippen LogP contribution is 2.34. The number of hydrogen-bond acceptors (Lipinski definition) is 6. The van der Waals surface area contributed by atoms with Crippen LogP contribution in [0.4, 0.5) is 11.4 Å². The molecule has 1 aliphatic rings. The molecule has 7 heteroatoms. The summed E-state index contributed by atoms with van der Waals surface area (Å²) in [6.45, 7) is 3.36. The maximum atomic E-state index is 12.8. The smallest absolute Gasteiger partial charge is 0.359 e. The number of nitrogens with two attached hydrogens (primary N) is 1. The lowest BCUT2D eigenvalue weighted by atomic mass is 10.1. The fourth-order valence-electron chi connectivity index (χ4n) is 2.68. The number of esters is 1. The molecule has 122 valence electrons. The van der Waals surface area contributed by atoms with E-state index in [2.05, 4.69) is 4.98 Å². The quantitative estimate of drug-likeness (QED) is 0.683. The molecule has 7 nitrogen and oxygen atoms in total. The Morgan fingerprint density at radius 3 is 2.42 bits per heavy atom. The van der Waals surface area contributed by atoms with Gasteiger partial charge in [-0.3, -0.25) is 9.59 Å². The van der Waals surface area contributed by atoms with Crippen LogP contribution in [0.3, 0.4) is 0 Å². The first kappa shape index (κ1) is 15.7. The number of benzene rings is 1. The number of carbonyl (C=O) groups is 3. The van der Waals surface area contributed by atoms with E-state index in [9.17, 15) is 14.4 Å². The van der Waals surface area contributed by atoms with Gasteiger partial charge >= 0.3 is 5.97 Å². The number of imide groups is 1. The molecule has 0 atom stereocenters. The van der Waals surface area contributed by atoms with E-state index in [-0.39, 0.29) is 34.8 Å². The fraction of sp³-hybridized carbons (Fsp3) is 0.176. The maximum absolute atomic E-state index is 12.8. The standard InChI is InChI=1S/C17H15N3O4/c1-3-24-17(23)14-13(18)12-11(9(2)19-14)15(21)20(16(12)22)10-7-5-4-6-8-10/h4-8H,3,18H2,1-2H3. The van der Waals surface area contributed by atoms with Crippen LogP contribution in [-0.4, -0.2) is 29.4 Å². The lowest BCUT2D eigenvalue weighted by Crippen LogP contribution is -2.29. The van der Waals surface area contributed by atoms with Gasteiger partial charge in [-0.05, 0) is 26.0 Å². The molecule has 0 fully saturated rings. The van der Waals surface area contributed by atoms with Crippen molar-refractivity contribution >= 4 is 29.2 Å². The van der Waals surface area contributed by atoms with Crippen molar-refractivity contribution in [2.24, 2.45) is 0 Å². The number of ether oxygens (including phenoxy) is 1. The second-order valence-electron chi connectivity index (χ2n) is 5.21. The molecule has 24 heavy (non-hydrogen) atoms. The summed E-state index contributed by atoms with van der Waals surface area (Å²) < 4.78 is 4.91. The Morgan fingerprint density at radius 1 is 1.17 bits per heavy atom. The first-order chi connectivity index (χ1) is 11.5. The van der Waals surface area contributed by atoms with E-state index in [1.807, 2.05) is 0 Å². The Labute approximate surface area is 138 Å². The van der Waals surface area contributed by atoms with Crippen LogP contribution in [0.25, 0.3) is 0 Å². The minimum atomic E-state index is -0.723. The second-order valence-corrected chi connectivity index (χ2v) is 5.21. The zero-order valence-electron chi connectivity index (χ0n) is 13.2. The van der Waals surface area contributed by atoms with Gasteiger partial charge in [0, 0.05) is 0 Å². The molecular formula is C17H15N3O4. The van der Waals surface area contributed by atoms with Crippen LogP contribution in [-0.2, 0) is 4.74 Å². The molecule has 1 aromatic heterocycles. The summed E-state index contributed by atoms with van der Waals surface area (Å²) in [6, 6.07) is 8.51. The SMILES string of the molecule is CCOC(=O)c1nc(C)c2c(c1N)C(=O)N(c1ccccc1)C2=O. The molecule has 0 saturated heterocycles. The summed E-state index contributed by atoms with van der Waals surface area (Å²) in [4.78, 5) is 42.5. The molecule has 2 N–H and O–H groups in total. The van der Waals surface area contributed by atoms with Gasteiger partial charge in [0.2, 0.25) is 0 Å². The molecule has 1 aliphatic heterocycles. The highest BCUT2D eigenvalue weighted by Gasteiger charge is 2.41. The summed E-state index contributed by atoms with van der Waals surface area (Å²) in [5.74, 6) is -1.80. The summed E-state index contributed by atoms with van der Waals surface area (Å²) in [5, 5.41) is 0. The van der Waals surface area contributed by atoms with Crippen LogP contribution in [0.15, 0.2) is 30.3 Å². The number of carbonyl (C=O) groups excluding carboxylic acids is 3. The number of hydrogen-bond donors (Lipinski definition) is 1. The van der Waals surface area contributed by atoms with Gasteiger partial charge in [-0.2, -0.15) is 0 Å². The number of aryl methyl sites for hydroxylation is 1. The number of pyridine rings is 1. The topological polar surface area (TPSA) is 103 Å². The Bertz CT molecular complexity index is 862. The largest absolute Gasteiger partial charge is 0.461 e. The second kappa shape index (κ2) is 5.77. The Kier molecular flexibility index (Phi) is 3.76. The molecule has 2 aromatic rings. The third kappa shape index (κ3) is 2.21. The van der Waals surface area contributed by atoms with Crippen molar-refractivity contribution in [1.82, 2.24) is 4.98 Å². The lowest BCUT2D eigenvalue weighted by Gasteiger charge is -2.13.